The van der Waals surface area contributed by atoms with Crippen molar-refractivity contribution in [1.29, 1.82) is 0 Å². The lowest BCUT2D eigenvalue weighted by atomic mass is 10.0. The summed E-state index contributed by atoms with van der Waals surface area (Å²) >= 11 is 0. The first-order valence-corrected chi connectivity index (χ1v) is 20.7. The van der Waals surface area contributed by atoms with Gasteiger partial charge in [-0.15, -0.1) is 0 Å². The molecule has 0 saturated heterocycles. The van der Waals surface area contributed by atoms with E-state index in [-0.39, 0.29) is 37.0 Å². The Morgan fingerprint density at radius 1 is 0.583 bits per heavy atom. The number of hydrogen-bond donors (Lipinski definition) is 2. The third kappa shape index (κ3) is 30.4. The van der Waals surface area contributed by atoms with Gasteiger partial charge in [-0.2, -0.15) is 0 Å². The van der Waals surface area contributed by atoms with Crippen LogP contribution in [0.5, 0.6) is 0 Å². The van der Waals surface area contributed by atoms with E-state index in [0.717, 1.165) is 51.4 Å². The van der Waals surface area contributed by atoms with Crippen LogP contribution >= 0.6 is 0 Å². The van der Waals surface area contributed by atoms with Crippen LogP contribution in [-0.4, -0.2) is 59.6 Å². The summed E-state index contributed by atoms with van der Waals surface area (Å²) in [5, 5.41) is 13.0. The molecule has 7 nitrogen and oxygen atoms in total. The van der Waals surface area contributed by atoms with Gasteiger partial charge in [-0.3, -0.25) is 14.4 Å². The fourth-order valence-electron chi connectivity index (χ4n) is 6.40. The molecule has 2 N–H and O–H groups in total. The second kappa shape index (κ2) is 35.2. The quantitative estimate of drug-likeness (QED) is 0.0507. The highest BCUT2D eigenvalue weighted by molar-refractivity contribution is 5.76. The Labute approximate surface area is 297 Å². The number of esters is 1. The minimum absolute atomic E-state index is 0.0659. The van der Waals surface area contributed by atoms with Crippen molar-refractivity contribution >= 4 is 17.8 Å². The Bertz CT molecular complexity index is 746. The number of aliphatic hydroxyl groups is 1. The molecule has 0 aromatic heterocycles. The Morgan fingerprint density at radius 3 is 1.44 bits per heavy atom. The lowest BCUT2D eigenvalue weighted by Crippen LogP contribution is -2.48. The molecule has 0 aromatic carbocycles. The van der Waals surface area contributed by atoms with Crippen LogP contribution in [0.3, 0.4) is 0 Å². The number of hydrogen-bond acceptors (Lipinski definition) is 5. The molecule has 0 fully saturated rings. The normalized spacial score (nSPS) is 12.5. The van der Waals surface area contributed by atoms with E-state index in [2.05, 4.69) is 26.1 Å². The van der Waals surface area contributed by atoms with Crippen molar-refractivity contribution in [2.45, 2.75) is 226 Å². The van der Waals surface area contributed by atoms with E-state index in [0.29, 0.717) is 25.8 Å². The summed E-state index contributed by atoms with van der Waals surface area (Å²) < 4.78 is 5.96. The lowest BCUT2D eigenvalue weighted by molar-refractivity contribution is -0.150. The molecule has 0 aromatic rings. The molecule has 48 heavy (non-hydrogen) atoms. The van der Waals surface area contributed by atoms with Gasteiger partial charge in [0, 0.05) is 39.3 Å². The zero-order chi connectivity index (χ0) is 35.5. The van der Waals surface area contributed by atoms with Crippen LogP contribution in [0.4, 0.5) is 0 Å². The number of aliphatic hydroxyl groups excluding tert-OH is 1. The summed E-state index contributed by atoms with van der Waals surface area (Å²) in [6, 6.07) is -0.504. The standard InChI is InChI=1S/C41H80N2O5/c1-5-8-11-14-16-18-19-21-22-25-28-31-40(46)42-38(36-44)35-43(37(4)45)34-33-39(30-27-24-13-10-7-3)48-41(47)32-29-26-23-20-17-15-12-9-6-2/h38-39,44H,5-36H2,1-4H3,(H,42,46)/t38-,39-/m1/s1. The van der Waals surface area contributed by atoms with Crippen LogP contribution in [-0.2, 0) is 19.1 Å². The molecule has 2 amide bonds. The third-order valence-corrected chi connectivity index (χ3v) is 9.61. The number of carbonyl (C=O) groups excluding carboxylic acids is 3. The molecule has 0 aliphatic heterocycles. The summed E-state index contributed by atoms with van der Waals surface area (Å²) in [7, 11) is 0. The second-order valence-electron chi connectivity index (χ2n) is 14.4. The van der Waals surface area contributed by atoms with Crippen LogP contribution in [0.2, 0.25) is 0 Å². The van der Waals surface area contributed by atoms with E-state index in [1.807, 2.05) is 0 Å². The Morgan fingerprint density at radius 2 is 1.00 bits per heavy atom. The van der Waals surface area contributed by atoms with E-state index in [4.69, 9.17) is 4.74 Å². The molecule has 0 unspecified atom stereocenters. The smallest absolute Gasteiger partial charge is 0.306 e. The van der Waals surface area contributed by atoms with Crippen molar-refractivity contribution in [1.82, 2.24) is 10.2 Å². The minimum Gasteiger partial charge on any atom is -0.462 e. The summed E-state index contributed by atoms with van der Waals surface area (Å²) in [6.07, 6.45) is 32.2. The van der Waals surface area contributed by atoms with Gasteiger partial charge in [0.1, 0.15) is 6.10 Å². The van der Waals surface area contributed by atoms with Gasteiger partial charge in [0.15, 0.2) is 0 Å². The van der Waals surface area contributed by atoms with Crippen molar-refractivity contribution in [3.05, 3.63) is 0 Å². The first-order valence-electron chi connectivity index (χ1n) is 20.7. The summed E-state index contributed by atoms with van der Waals surface area (Å²) in [6.45, 7) is 8.69. The molecule has 0 rings (SSSR count). The molecule has 0 aliphatic carbocycles. The van der Waals surface area contributed by atoms with E-state index in [1.54, 1.807) is 4.90 Å². The number of nitrogens with one attached hydrogen (secondary N) is 1. The molecule has 0 saturated carbocycles. The molecule has 0 aliphatic rings. The van der Waals surface area contributed by atoms with E-state index >= 15 is 0 Å². The summed E-state index contributed by atoms with van der Waals surface area (Å²) in [5.41, 5.74) is 0. The zero-order valence-corrected chi connectivity index (χ0v) is 32.3. The molecule has 0 bridgehead atoms. The van der Waals surface area contributed by atoms with Gasteiger partial charge in [-0.25, -0.2) is 0 Å². The average molecular weight is 681 g/mol. The van der Waals surface area contributed by atoms with E-state index in [1.165, 1.54) is 122 Å². The second-order valence-corrected chi connectivity index (χ2v) is 14.4. The largest absolute Gasteiger partial charge is 0.462 e. The monoisotopic (exact) mass is 681 g/mol. The number of ether oxygens (including phenoxy) is 1. The highest BCUT2D eigenvalue weighted by atomic mass is 16.5. The summed E-state index contributed by atoms with van der Waals surface area (Å²) in [4.78, 5) is 39.6. The van der Waals surface area contributed by atoms with Gasteiger partial charge in [-0.05, 0) is 25.7 Å². The van der Waals surface area contributed by atoms with Crippen LogP contribution in [0.15, 0.2) is 0 Å². The third-order valence-electron chi connectivity index (χ3n) is 9.61. The van der Waals surface area contributed by atoms with Crippen molar-refractivity contribution in [3.63, 3.8) is 0 Å². The SMILES string of the molecule is CCCCCCCCCCCCCC(=O)N[C@@H](CO)CN(CC[C@@H](CCCCCCC)OC(=O)CCCCCCCCCCC)C(C)=O. The number of amides is 2. The van der Waals surface area contributed by atoms with E-state index in [9.17, 15) is 19.5 Å². The molecular weight excluding hydrogens is 600 g/mol. The molecule has 7 heteroatoms. The lowest BCUT2D eigenvalue weighted by Gasteiger charge is -2.28. The fraction of sp³-hybridized carbons (Fsp3) is 0.927. The molecule has 0 radical (unpaired) electrons. The van der Waals surface area contributed by atoms with Gasteiger partial charge >= 0.3 is 5.97 Å². The van der Waals surface area contributed by atoms with Crippen LogP contribution in [0, 0.1) is 0 Å². The number of nitrogens with zero attached hydrogens (tertiary/aromatic N) is 1. The first kappa shape index (κ1) is 46.4. The molecule has 0 heterocycles. The highest BCUT2D eigenvalue weighted by Gasteiger charge is 2.21. The maximum Gasteiger partial charge on any atom is 0.306 e. The van der Waals surface area contributed by atoms with Crippen molar-refractivity contribution in [3.8, 4) is 0 Å². The maximum atomic E-state index is 12.8. The molecule has 0 spiro atoms. The van der Waals surface area contributed by atoms with Crippen molar-refractivity contribution < 1.29 is 24.2 Å². The van der Waals surface area contributed by atoms with Crippen molar-refractivity contribution in [2.75, 3.05) is 19.7 Å². The van der Waals surface area contributed by atoms with Crippen LogP contribution < -0.4 is 5.32 Å². The topological polar surface area (TPSA) is 95.9 Å². The number of rotatable bonds is 36. The van der Waals surface area contributed by atoms with Gasteiger partial charge in [-0.1, -0.05) is 162 Å². The Balaban J connectivity index is 4.58. The average Bonchev–Trinajstić information content (AvgIpc) is 3.07. The Kier molecular flexibility index (Phi) is 34.0. The maximum absolute atomic E-state index is 12.8. The van der Waals surface area contributed by atoms with Crippen molar-refractivity contribution in [2.24, 2.45) is 0 Å². The zero-order valence-electron chi connectivity index (χ0n) is 32.3. The van der Waals surface area contributed by atoms with Crippen LogP contribution in [0.1, 0.15) is 214 Å². The number of carbonyl (C=O) groups is 3. The van der Waals surface area contributed by atoms with Gasteiger partial charge in [0.25, 0.3) is 0 Å². The first-order chi connectivity index (χ1) is 23.4. The molecular formula is C41H80N2O5. The molecule has 2 atom stereocenters. The van der Waals surface area contributed by atoms with E-state index < -0.39 is 6.04 Å². The van der Waals surface area contributed by atoms with Gasteiger partial charge in [0.2, 0.25) is 11.8 Å². The fourth-order valence-corrected chi connectivity index (χ4v) is 6.40. The number of unbranched alkanes of at least 4 members (excludes halogenated alkanes) is 22. The van der Waals surface area contributed by atoms with Gasteiger partial charge < -0.3 is 20.1 Å². The minimum atomic E-state index is -0.504. The Hall–Kier alpha value is -1.63. The molecule has 284 valence electrons. The van der Waals surface area contributed by atoms with Crippen LogP contribution in [0.25, 0.3) is 0 Å². The predicted octanol–water partition coefficient (Wildman–Crippen LogP) is 10.6. The summed E-state index contributed by atoms with van der Waals surface area (Å²) in [5.74, 6) is -0.298. The highest BCUT2D eigenvalue weighted by Crippen LogP contribution is 2.17. The van der Waals surface area contributed by atoms with Gasteiger partial charge in [0.05, 0.1) is 12.6 Å². The predicted molar refractivity (Wildman–Crippen MR) is 202 cm³/mol.